The number of unbranched alkanes of at least 4 members (excludes halogenated alkanes) is 4. The third-order valence-electron chi connectivity index (χ3n) is 18.4. The van der Waals surface area contributed by atoms with Gasteiger partial charge in [-0.3, -0.25) is 0 Å². The lowest BCUT2D eigenvalue weighted by molar-refractivity contribution is -0.150. The molecule has 10 heteroatoms. The molecule has 2 aliphatic rings. The molecular formula is C76H76N2O6S2. The lowest BCUT2D eigenvalue weighted by Gasteiger charge is -2.40. The van der Waals surface area contributed by atoms with Gasteiger partial charge in [0.2, 0.25) is 0 Å². The first-order valence-corrected chi connectivity index (χ1v) is 32.9. The third-order valence-corrected chi connectivity index (χ3v) is 20.7. The average molecular weight is 1180 g/mol. The predicted octanol–water partition coefficient (Wildman–Crippen LogP) is 20.5. The molecule has 0 saturated carbocycles. The van der Waals surface area contributed by atoms with Crippen LogP contribution in [0.2, 0.25) is 0 Å². The SMILES string of the molecule is CCC1(COCCCCCOCc2ccc(N(c3ccc4sc5ccccc5c4c3)c3ccc4ccc5c(N(c6ccc(COCCCCCOCC7(CC)COC7)cc6)c6ccc7sc8ccccc8c7c6)ccc6ccc3c4c65)cc2)COC1. The fourth-order valence-electron chi connectivity index (χ4n) is 12.9. The van der Waals surface area contributed by atoms with E-state index in [2.05, 4.69) is 206 Å². The first-order valence-electron chi connectivity index (χ1n) is 31.2. The Labute approximate surface area is 513 Å². The van der Waals surface area contributed by atoms with Crippen LogP contribution in [0.4, 0.5) is 34.1 Å². The first kappa shape index (κ1) is 56.8. The number of hydrogen-bond acceptors (Lipinski definition) is 10. The lowest BCUT2D eigenvalue weighted by atomic mass is 9.84. The van der Waals surface area contributed by atoms with E-state index in [4.69, 9.17) is 28.4 Å². The minimum atomic E-state index is 0.240. The Balaban J connectivity index is 0.763. The van der Waals surface area contributed by atoms with E-state index in [0.29, 0.717) is 13.2 Å². The van der Waals surface area contributed by atoms with Gasteiger partial charge in [0.1, 0.15) is 0 Å². The Morgan fingerprint density at radius 3 is 1.16 bits per heavy atom. The number of rotatable bonds is 28. The quantitative estimate of drug-likeness (QED) is 0.0355. The summed E-state index contributed by atoms with van der Waals surface area (Å²) in [6.07, 6.45) is 8.55. The molecule has 0 radical (unpaired) electrons. The average Bonchev–Trinajstić information content (AvgIpc) is 1.01. The molecule has 2 aliphatic heterocycles. The number of fused-ring (bicyclic) bond motifs is 6. The standard InChI is InChI=1S/C76H76N2O6S2/c1-3-75(49-83-50-75)47-81-41-13-5-11-39-79-45-53-19-27-57(28-20-53)77(59-31-37-71-65(43-59)61-15-7-9-17-69(61)85-71)67-35-25-55-24-34-64-68(36-26-56-23-33-63(67)73(55)74(56)64)78(60-32-38-72-66(44-60)62-16-8-10-18-70(62)86-72)58-29-21-54(22-30-58)46-80-40-12-6-14-42-82-48-76(4-2)51-84-52-76/h7-10,15-38,43-44H,3-6,11-14,39-42,45-52H2,1-2H3. The van der Waals surface area contributed by atoms with Crippen molar-refractivity contribution in [2.75, 3.05) is 75.9 Å². The number of hydrogen-bond donors (Lipinski definition) is 0. The van der Waals surface area contributed by atoms with Gasteiger partial charge in [-0.05, 0) is 169 Å². The van der Waals surface area contributed by atoms with E-state index >= 15 is 0 Å². The summed E-state index contributed by atoms with van der Waals surface area (Å²) in [6.45, 7) is 13.6. The summed E-state index contributed by atoms with van der Waals surface area (Å²) in [5, 5.41) is 12.5. The molecule has 2 aromatic heterocycles. The molecule has 0 unspecified atom stereocenters. The summed E-state index contributed by atoms with van der Waals surface area (Å²) < 4.78 is 40.8. The maximum atomic E-state index is 6.28. The second-order valence-electron chi connectivity index (χ2n) is 24.2. The molecule has 10 aromatic carbocycles. The van der Waals surface area contributed by atoms with Crippen LogP contribution in [0.3, 0.4) is 0 Å². The van der Waals surface area contributed by atoms with E-state index in [1.165, 1.54) is 72.7 Å². The van der Waals surface area contributed by atoms with Crippen LogP contribution in [0.15, 0.2) is 182 Å². The Kier molecular flexibility index (Phi) is 16.8. The molecule has 0 N–H and O–H groups in total. The Morgan fingerprint density at radius 2 is 0.756 bits per heavy atom. The molecule has 4 heterocycles. The van der Waals surface area contributed by atoms with Crippen molar-refractivity contribution in [3.8, 4) is 0 Å². The largest absolute Gasteiger partial charge is 0.381 e. The number of anilines is 6. The Morgan fingerprint density at radius 1 is 0.372 bits per heavy atom. The van der Waals surface area contributed by atoms with E-state index < -0.39 is 0 Å². The molecule has 2 saturated heterocycles. The molecule has 14 rings (SSSR count). The maximum absolute atomic E-state index is 6.28. The van der Waals surface area contributed by atoms with Gasteiger partial charge < -0.3 is 38.2 Å². The summed E-state index contributed by atoms with van der Waals surface area (Å²) in [7, 11) is 0. The minimum Gasteiger partial charge on any atom is -0.381 e. The smallest absolute Gasteiger partial charge is 0.0716 e. The van der Waals surface area contributed by atoms with Gasteiger partial charge in [0.15, 0.2) is 0 Å². The number of nitrogens with zero attached hydrogens (tertiary/aromatic N) is 2. The van der Waals surface area contributed by atoms with E-state index in [1.807, 2.05) is 22.7 Å². The van der Waals surface area contributed by atoms with Crippen molar-refractivity contribution in [2.45, 2.75) is 78.4 Å². The van der Waals surface area contributed by atoms with E-state index in [9.17, 15) is 0 Å². The van der Waals surface area contributed by atoms with Crippen LogP contribution in [0, 0.1) is 10.8 Å². The van der Waals surface area contributed by atoms with Crippen molar-refractivity contribution in [2.24, 2.45) is 10.8 Å². The van der Waals surface area contributed by atoms with Crippen molar-refractivity contribution >= 4 is 129 Å². The lowest BCUT2D eigenvalue weighted by Crippen LogP contribution is -2.45. The van der Waals surface area contributed by atoms with Crippen LogP contribution in [0.5, 0.6) is 0 Å². The summed E-state index contributed by atoms with van der Waals surface area (Å²) in [5.74, 6) is 0. The normalized spacial score (nSPS) is 14.8. The fourth-order valence-corrected chi connectivity index (χ4v) is 15.1. The summed E-state index contributed by atoms with van der Waals surface area (Å²) >= 11 is 3.71. The molecule has 8 nitrogen and oxygen atoms in total. The monoisotopic (exact) mass is 1180 g/mol. The molecule has 2 fully saturated rings. The highest BCUT2D eigenvalue weighted by Gasteiger charge is 2.38. The maximum Gasteiger partial charge on any atom is 0.0716 e. The van der Waals surface area contributed by atoms with Gasteiger partial charge in [-0.2, -0.15) is 0 Å². The van der Waals surface area contributed by atoms with Crippen molar-refractivity contribution < 1.29 is 28.4 Å². The van der Waals surface area contributed by atoms with Gasteiger partial charge in [0, 0.05) is 111 Å². The highest BCUT2D eigenvalue weighted by Crippen LogP contribution is 2.49. The van der Waals surface area contributed by atoms with E-state index in [1.54, 1.807) is 0 Å². The zero-order chi connectivity index (χ0) is 57.9. The van der Waals surface area contributed by atoms with Crippen LogP contribution >= 0.6 is 22.7 Å². The molecule has 438 valence electrons. The second-order valence-corrected chi connectivity index (χ2v) is 26.3. The molecule has 0 amide bonds. The van der Waals surface area contributed by atoms with Crippen molar-refractivity contribution in [3.63, 3.8) is 0 Å². The van der Waals surface area contributed by atoms with Crippen molar-refractivity contribution in [3.05, 3.63) is 193 Å². The van der Waals surface area contributed by atoms with Gasteiger partial charge in [-0.25, -0.2) is 0 Å². The van der Waals surface area contributed by atoms with Crippen LogP contribution in [-0.4, -0.2) is 66.1 Å². The molecule has 12 aromatic rings. The Hall–Kier alpha value is -6.96. The summed E-state index contributed by atoms with van der Waals surface area (Å²) in [4.78, 5) is 4.93. The Bertz CT molecular complexity index is 3990. The van der Waals surface area contributed by atoms with Crippen LogP contribution in [-0.2, 0) is 41.6 Å². The van der Waals surface area contributed by atoms with Crippen LogP contribution < -0.4 is 9.80 Å². The number of ether oxygens (including phenoxy) is 6. The molecule has 0 aliphatic carbocycles. The summed E-state index contributed by atoms with van der Waals surface area (Å²) in [5.41, 5.74) is 9.50. The predicted molar refractivity (Wildman–Crippen MR) is 361 cm³/mol. The third kappa shape index (κ3) is 11.5. The highest BCUT2D eigenvalue weighted by atomic mass is 32.1. The second kappa shape index (κ2) is 25.4. The van der Waals surface area contributed by atoms with Crippen molar-refractivity contribution in [1.29, 1.82) is 0 Å². The van der Waals surface area contributed by atoms with E-state index in [0.717, 1.165) is 163 Å². The molecule has 0 bridgehead atoms. The van der Waals surface area contributed by atoms with Crippen LogP contribution in [0.1, 0.15) is 76.3 Å². The zero-order valence-corrected chi connectivity index (χ0v) is 51.3. The van der Waals surface area contributed by atoms with Gasteiger partial charge in [-0.1, -0.05) is 111 Å². The van der Waals surface area contributed by atoms with Gasteiger partial charge in [0.05, 0.1) is 64.2 Å². The topological polar surface area (TPSA) is 61.9 Å². The fraction of sp³-hybridized carbons (Fsp3) is 0.316. The first-order chi connectivity index (χ1) is 42.5. The number of thiophene rings is 2. The highest BCUT2D eigenvalue weighted by molar-refractivity contribution is 7.26. The zero-order valence-electron chi connectivity index (χ0n) is 49.6. The van der Waals surface area contributed by atoms with Gasteiger partial charge in [0.25, 0.3) is 0 Å². The van der Waals surface area contributed by atoms with Crippen LogP contribution in [0.25, 0.3) is 72.7 Å². The van der Waals surface area contributed by atoms with Gasteiger partial charge >= 0.3 is 0 Å². The van der Waals surface area contributed by atoms with Crippen molar-refractivity contribution in [1.82, 2.24) is 0 Å². The number of benzene rings is 10. The molecule has 0 atom stereocenters. The van der Waals surface area contributed by atoms with Gasteiger partial charge in [-0.15, -0.1) is 22.7 Å². The molecule has 0 spiro atoms. The summed E-state index contributed by atoms with van der Waals surface area (Å²) in [6, 6.07) is 68.3. The minimum absolute atomic E-state index is 0.240. The molecule has 86 heavy (non-hydrogen) atoms. The molecular weight excluding hydrogens is 1100 g/mol. The van der Waals surface area contributed by atoms with E-state index in [-0.39, 0.29) is 10.8 Å².